The standard InChI is InChI=1S/C17H28N2O/c1-13(2)11-18-12-15-10-17(8-9-19-15)20-16-6-4-14(3)5-7-16/h8-10,13-14,16,18H,4-7,11-12H2,1-3H3. The maximum absolute atomic E-state index is 6.10. The predicted octanol–water partition coefficient (Wildman–Crippen LogP) is 3.78. The van der Waals surface area contributed by atoms with Crippen LogP contribution in [-0.4, -0.2) is 17.6 Å². The molecule has 1 N–H and O–H groups in total. The molecule has 1 aliphatic rings. The van der Waals surface area contributed by atoms with Gasteiger partial charge in [-0.25, -0.2) is 0 Å². The van der Waals surface area contributed by atoms with Crippen LogP contribution in [0.2, 0.25) is 0 Å². The van der Waals surface area contributed by atoms with E-state index in [1.54, 1.807) is 0 Å². The number of pyridine rings is 1. The summed E-state index contributed by atoms with van der Waals surface area (Å²) in [5.74, 6) is 2.50. The Morgan fingerprint density at radius 2 is 2.05 bits per heavy atom. The average molecular weight is 276 g/mol. The Morgan fingerprint density at radius 1 is 1.30 bits per heavy atom. The minimum atomic E-state index is 0.394. The first-order valence-electron chi connectivity index (χ1n) is 7.95. The zero-order chi connectivity index (χ0) is 14.4. The highest BCUT2D eigenvalue weighted by Gasteiger charge is 2.19. The van der Waals surface area contributed by atoms with E-state index in [0.29, 0.717) is 12.0 Å². The van der Waals surface area contributed by atoms with E-state index in [0.717, 1.165) is 30.5 Å². The van der Waals surface area contributed by atoms with Crippen molar-refractivity contribution < 1.29 is 4.74 Å². The molecule has 0 saturated heterocycles. The zero-order valence-electron chi connectivity index (χ0n) is 13.1. The fraction of sp³-hybridized carbons (Fsp3) is 0.706. The molecule has 1 heterocycles. The van der Waals surface area contributed by atoms with Gasteiger partial charge in [-0.1, -0.05) is 20.8 Å². The molecule has 0 unspecified atom stereocenters. The monoisotopic (exact) mass is 276 g/mol. The molecule has 0 radical (unpaired) electrons. The van der Waals surface area contributed by atoms with E-state index in [9.17, 15) is 0 Å². The molecule has 3 nitrogen and oxygen atoms in total. The van der Waals surface area contributed by atoms with Gasteiger partial charge in [-0.15, -0.1) is 0 Å². The van der Waals surface area contributed by atoms with Crippen LogP contribution in [0.5, 0.6) is 5.75 Å². The first kappa shape index (κ1) is 15.3. The first-order valence-corrected chi connectivity index (χ1v) is 7.95. The zero-order valence-corrected chi connectivity index (χ0v) is 13.1. The van der Waals surface area contributed by atoms with Gasteiger partial charge in [-0.3, -0.25) is 4.98 Å². The summed E-state index contributed by atoms with van der Waals surface area (Å²) in [6.45, 7) is 8.60. The smallest absolute Gasteiger partial charge is 0.123 e. The molecule has 0 atom stereocenters. The molecule has 1 aromatic rings. The van der Waals surface area contributed by atoms with Crippen molar-refractivity contribution in [3.05, 3.63) is 24.0 Å². The van der Waals surface area contributed by atoms with Crippen LogP contribution < -0.4 is 10.1 Å². The van der Waals surface area contributed by atoms with Crippen molar-refractivity contribution in [3.8, 4) is 5.75 Å². The van der Waals surface area contributed by atoms with Crippen LogP contribution in [-0.2, 0) is 6.54 Å². The number of nitrogens with zero attached hydrogens (tertiary/aromatic N) is 1. The molecule has 112 valence electrons. The van der Waals surface area contributed by atoms with Gasteiger partial charge >= 0.3 is 0 Å². The summed E-state index contributed by atoms with van der Waals surface area (Å²) < 4.78 is 6.10. The number of aromatic nitrogens is 1. The van der Waals surface area contributed by atoms with Gasteiger partial charge in [0, 0.05) is 18.8 Å². The van der Waals surface area contributed by atoms with E-state index < -0.39 is 0 Å². The molecule has 1 fully saturated rings. The summed E-state index contributed by atoms with van der Waals surface area (Å²) in [5.41, 5.74) is 1.06. The summed E-state index contributed by atoms with van der Waals surface area (Å²) in [6.07, 6.45) is 7.20. The Balaban J connectivity index is 1.82. The van der Waals surface area contributed by atoms with Crippen LogP contribution in [0, 0.1) is 11.8 Å². The lowest BCUT2D eigenvalue weighted by Crippen LogP contribution is -2.23. The van der Waals surface area contributed by atoms with Crippen LogP contribution in [0.1, 0.15) is 52.1 Å². The van der Waals surface area contributed by atoms with Gasteiger partial charge in [0.15, 0.2) is 0 Å². The third kappa shape index (κ3) is 5.12. The number of nitrogens with one attached hydrogen (secondary N) is 1. The van der Waals surface area contributed by atoms with E-state index in [1.807, 2.05) is 12.3 Å². The molecule has 1 saturated carbocycles. The fourth-order valence-corrected chi connectivity index (χ4v) is 2.65. The van der Waals surface area contributed by atoms with E-state index in [-0.39, 0.29) is 0 Å². The van der Waals surface area contributed by atoms with Crippen molar-refractivity contribution in [2.24, 2.45) is 11.8 Å². The molecule has 0 spiro atoms. The van der Waals surface area contributed by atoms with Gasteiger partial charge in [0.25, 0.3) is 0 Å². The highest BCUT2D eigenvalue weighted by Crippen LogP contribution is 2.27. The Morgan fingerprint density at radius 3 is 2.75 bits per heavy atom. The summed E-state index contributed by atoms with van der Waals surface area (Å²) in [4.78, 5) is 4.40. The van der Waals surface area contributed by atoms with Gasteiger partial charge in [0.05, 0.1) is 11.8 Å². The van der Waals surface area contributed by atoms with Gasteiger partial charge in [-0.05, 0) is 50.1 Å². The molecule has 0 bridgehead atoms. The van der Waals surface area contributed by atoms with Crippen LogP contribution in [0.25, 0.3) is 0 Å². The van der Waals surface area contributed by atoms with Crippen LogP contribution in [0.15, 0.2) is 18.3 Å². The molecular weight excluding hydrogens is 248 g/mol. The van der Waals surface area contributed by atoms with E-state index in [1.165, 1.54) is 25.7 Å². The Bertz CT molecular complexity index is 398. The van der Waals surface area contributed by atoms with Crippen molar-refractivity contribution in [2.45, 2.75) is 59.1 Å². The minimum absolute atomic E-state index is 0.394. The number of rotatable bonds is 6. The van der Waals surface area contributed by atoms with Crippen LogP contribution in [0.3, 0.4) is 0 Å². The fourth-order valence-electron chi connectivity index (χ4n) is 2.65. The molecule has 0 aromatic carbocycles. The lowest BCUT2D eigenvalue weighted by atomic mass is 9.89. The Kier molecular flexibility index (Phi) is 5.84. The summed E-state index contributed by atoms with van der Waals surface area (Å²) in [7, 11) is 0. The number of hydrogen-bond acceptors (Lipinski definition) is 3. The molecule has 0 amide bonds. The molecular formula is C17H28N2O. The lowest BCUT2D eigenvalue weighted by molar-refractivity contribution is 0.135. The quantitative estimate of drug-likeness (QED) is 0.858. The van der Waals surface area contributed by atoms with Crippen molar-refractivity contribution in [3.63, 3.8) is 0 Å². The van der Waals surface area contributed by atoms with Gasteiger partial charge in [0.1, 0.15) is 5.75 Å². The normalized spacial score (nSPS) is 23.0. The third-order valence-electron chi connectivity index (χ3n) is 3.91. The van der Waals surface area contributed by atoms with Gasteiger partial charge in [-0.2, -0.15) is 0 Å². The number of hydrogen-bond donors (Lipinski definition) is 1. The van der Waals surface area contributed by atoms with Crippen molar-refractivity contribution in [1.29, 1.82) is 0 Å². The highest BCUT2D eigenvalue weighted by atomic mass is 16.5. The molecule has 3 heteroatoms. The second-order valence-electron chi connectivity index (χ2n) is 6.51. The highest BCUT2D eigenvalue weighted by molar-refractivity contribution is 5.23. The predicted molar refractivity (Wildman–Crippen MR) is 82.8 cm³/mol. The maximum Gasteiger partial charge on any atom is 0.123 e. The number of ether oxygens (including phenoxy) is 1. The Hall–Kier alpha value is -1.09. The Labute approximate surface area is 123 Å². The SMILES string of the molecule is CC(C)CNCc1cc(OC2CCC(C)CC2)ccn1. The molecule has 1 aromatic heterocycles. The average Bonchev–Trinajstić information content (AvgIpc) is 2.41. The molecule has 2 rings (SSSR count). The lowest BCUT2D eigenvalue weighted by Gasteiger charge is -2.26. The molecule has 20 heavy (non-hydrogen) atoms. The maximum atomic E-state index is 6.10. The molecule has 1 aliphatic carbocycles. The topological polar surface area (TPSA) is 34.1 Å². The summed E-state index contributed by atoms with van der Waals surface area (Å²) in [6, 6.07) is 4.05. The summed E-state index contributed by atoms with van der Waals surface area (Å²) >= 11 is 0. The second-order valence-corrected chi connectivity index (χ2v) is 6.51. The minimum Gasteiger partial charge on any atom is -0.490 e. The van der Waals surface area contributed by atoms with Crippen molar-refractivity contribution >= 4 is 0 Å². The third-order valence-corrected chi connectivity index (χ3v) is 3.91. The van der Waals surface area contributed by atoms with Crippen molar-refractivity contribution in [1.82, 2.24) is 10.3 Å². The van der Waals surface area contributed by atoms with E-state index in [4.69, 9.17) is 4.74 Å². The van der Waals surface area contributed by atoms with Crippen LogP contribution >= 0.6 is 0 Å². The second kappa shape index (κ2) is 7.63. The van der Waals surface area contributed by atoms with Crippen molar-refractivity contribution in [2.75, 3.05) is 6.54 Å². The first-order chi connectivity index (χ1) is 9.63. The van der Waals surface area contributed by atoms with Gasteiger partial charge in [0.2, 0.25) is 0 Å². The summed E-state index contributed by atoms with van der Waals surface area (Å²) in [5, 5.41) is 3.42. The van der Waals surface area contributed by atoms with Crippen LogP contribution in [0.4, 0.5) is 0 Å². The van der Waals surface area contributed by atoms with E-state index in [2.05, 4.69) is 37.1 Å². The molecule has 0 aliphatic heterocycles. The van der Waals surface area contributed by atoms with E-state index >= 15 is 0 Å². The van der Waals surface area contributed by atoms with Gasteiger partial charge < -0.3 is 10.1 Å². The largest absolute Gasteiger partial charge is 0.490 e.